The standard InChI is InChI=1S/C3H11NO7P2/c1-2-3-9-13(8,10-4)11-12(5,6)7/h2-4H2,1H3,(H2,5,6,7). The molecule has 0 saturated carbocycles. The molecule has 13 heavy (non-hydrogen) atoms. The van der Waals surface area contributed by atoms with Crippen molar-refractivity contribution in [2.75, 3.05) is 6.61 Å². The molecule has 0 saturated heterocycles. The van der Waals surface area contributed by atoms with E-state index in [1.54, 1.807) is 6.92 Å². The van der Waals surface area contributed by atoms with Crippen LogP contribution in [0.25, 0.3) is 0 Å². The van der Waals surface area contributed by atoms with Gasteiger partial charge in [-0.05, 0) is 6.42 Å². The summed E-state index contributed by atoms with van der Waals surface area (Å²) in [7, 11) is -9.26. The van der Waals surface area contributed by atoms with Crippen LogP contribution >= 0.6 is 15.6 Å². The molecule has 0 aromatic heterocycles. The largest absolute Gasteiger partial charge is 0.500 e. The molecule has 0 aliphatic heterocycles. The summed E-state index contributed by atoms with van der Waals surface area (Å²) >= 11 is 0. The highest BCUT2D eigenvalue weighted by Gasteiger charge is 2.35. The molecule has 0 bridgehead atoms. The third-order valence-electron chi connectivity index (χ3n) is 0.789. The van der Waals surface area contributed by atoms with E-state index in [2.05, 4.69) is 19.4 Å². The van der Waals surface area contributed by atoms with Gasteiger partial charge >= 0.3 is 15.6 Å². The molecule has 4 N–H and O–H groups in total. The van der Waals surface area contributed by atoms with Gasteiger partial charge in [-0.2, -0.15) is 4.31 Å². The van der Waals surface area contributed by atoms with E-state index in [0.717, 1.165) is 0 Å². The lowest BCUT2D eigenvalue weighted by molar-refractivity contribution is 0.141. The van der Waals surface area contributed by atoms with Crippen LogP contribution in [0.3, 0.4) is 0 Å². The van der Waals surface area contributed by atoms with Gasteiger partial charge < -0.3 is 9.79 Å². The van der Waals surface area contributed by atoms with Crippen LogP contribution in [0, 0.1) is 0 Å². The first kappa shape index (κ1) is 13.2. The number of nitrogens with two attached hydrogens (primary N) is 1. The van der Waals surface area contributed by atoms with E-state index in [4.69, 9.17) is 9.79 Å². The first-order valence-corrected chi connectivity index (χ1v) is 6.22. The van der Waals surface area contributed by atoms with Gasteiger partial charge in [-0.3, -0.25) is 4.52 Å². The SMILES string of the molecule is CCCOP(=O)(ON)OP(=O)(O)O. The highest BCUT2D eigenvalue weighted by atomic mass is 31.3. The molecule has 10 heteroatoms. The van der Waals surface area contributed by atoms with E-state index in [9.17, 15) is 9.13 Å². The van der Waals surface area contributed by atoms with E-state index >= 15 is 0 Å². The Labute approximate surface area is 74.8 Å². The fourth-order valence-electron chi connectivity index (χ4n) is 0.407. The molecule has 80 valence electrons. The van der Waals surface area contributed by atoms with E-state index in [0.29, 0.717) is 6.42 Å². The maximum absolute atomic E-state index is 11.1. The van der Waals surface area contributed by atoms with E-state index < -0.39 is 15.6 Å². The van der Waals surface area contributed by atoms with Crippen LogP contribution in [0.5, 0.6) is 0 Å². The Morgan fingerprint density at radius 2 is 1.92 bits per heavy atom. The zero-order chi connectivity index (χ0) is 10.5. The summed E-state index contributed by atoms with van der Waals surface area (Å²) in [5.41, 5.74) is 0. The van der Waals surface area contributed by atoms with Crippen LogP contribution in [0.15, 0.2) is 0 Å². The number of rotatable bonds is 6. The van der Waals surface area contributed by atoms with Crippen LogP contribution in [0.4, 0.5) is 0 Å². The molecule has 0 aliphatic rings. The van der Waals surface area contributed by atoms with Gasteiger partial charge in [0.2, 0.25) is 0 Å². The predicted octanol–water partition coefficient (Wildman–Crippen LogP) is 0.521. The summed E-state index contributed by atoms with van der Waals surface area (Å²) in [6.45, 7) is 1.65. The Morgan fingerprint density at radius 3 is 2.23 bits per heavy atom. The Morgan fingerprint density at radius 1 is 1.38 bits per heavy atom. The molecular formula is C3H11NO7P2. The Bertz CT molecular complexity index is 236. The van der Waals surface area contributed by atoms with Crippen molar-refractivity contribution in [3.05, 3.63) is 0 Å². The van der Waals surface area contributed by atoms with E-state index in [1.807, 2.05) is 0 Å². The molecule has 8 nitrogen and oxygen atoms in total. The molecule has 0 aromatic rings. The van der Waals surface area contributed by atoms with Crippen molar-refractivity contribution >= 4 is 15.6 Å². The molecule has 0 fully saturated rings. The highest BCUT2D eigenvalue weighted by molar-refractivity contribution is 7.61. The van der Waals surface area contributed by atoms with Gasteiger partial charge in [0, 0.05) is 0 Å². The fraction of sp³-hybridized carbons (Fsp3) is 1.00. The Hall–Kier alpha value is 0.220. The minimum Gasteiger partial charge on any atom is -0.302 e. The van der Waals surface area contributed by atoms with Crippen molar-refractivity contribution in [1.82, 2.24) is 0 Å². The minimum absolute atomic E-state index is 0.0471. The summed E-state index contributed by atoms with van der Waals surface area (Å²) in [5, 5.41) is 0. The molecule has 0 aliphatic carbocycles. The summed E-state index contributed by atoms with van der Waals surface area (Å²) < 4.78 is 33.2. The van der Waals surface area contributed by atoms with Crippen LogP contribution in [-0.2, 0) is 22.6 Å². The normalized spacial score (nSPS) is 16.9. The van der Waals surface area contributed by atoms with Crippen LogP contribution in [-0.4, -0.2) is 16.4 Å². The van der Waals surface area contributed by atoms with Crippen LogP contribution < -0.4 is 5.90 Å². The first-order valence-electron chi connectivity index (χ1n) is 3.23. The van der Waals surface area contributed by atoms with Gasteiger partial charge in [-0.15, -0.1) is 0 Å². The zero-order valence-corrected chi connectivity index (χ0v) is 8.61. The minimum atomic E-state index is -4.94. The molecule has 0 aromatic carbocycles. The monoisotopic (exact) mass is 235 g/mol. The van der Waals surface area contributed by atoms with Crippen molar-refractivity contribution in [2.45, 2.75) is 13.3 Å². The van der Waals surface area contributed by atoms with Gasteiger partial charge in [0.25, 0.3) is 0 Å². The molecule has 1 unspecified atom stereocenters. The summed E-state index contributed by atoms with van der Waals surface area (Å²) in [5.74, 6) is 4.50. The zero-order valence-electron chi connectivity index (χ0n) is 6.82. The first-order chi connectivity index (χ1) is 5.83. The van der Waals surface area contributed by atoms with Crippen molar-refractivity contribution in [3.8, 4) is 0 Å². The molecule has 0 heterocycles. The third kappa shape index (κ3) is 6.31. The van der Waals surface area contributed by atoms with Crippen LogP contribution in [0.2, 0.25) is 0 Å². The second kappa shape index (κ2) is 5.19. The second-order valence-corrected chi connectivity index (χ2v) is 4.96. The van der Waals surface area contributed by atoms with Gasteiger partial charge in [-0.25, -0.2) is 19.7 Å². The van der Waals surface area contributed by atoms with Gasteiger partial charge in [-0.1, -0.05) is 6.92 Å². The topological polar surface area (TPSA) is 128 Å². The number of hydrogen-bond donors (Lipinski definition) is 3. The Kier molecular flexibility index (Phi) is 5.28. The summed E-state index contributed by atoms with van der Waals surface area (Å²) in [6.07, 6.45) is 0.470. The quantitative estimate of drug-likeness (QED) is 0.448. The molecule has 0 spiro atoms. The van der Waals surface area contributed by atoms with Crippen molar-refractivity contribution in [2.24, 2.45) is 5.90 Å². The van der Waals surface area contributed by atoms with Crippen molar-refractivity contribution in [3.63, 3.8) is 0 Å². The summed E-state index contributed by atoms with van der Waals surface area (Å²) in [4.78, 5) is 16.6. The predicted molar refractivity (Wildman–Crippen MR) is 42.3 cm³/mol. The smallest absolute Gasteiger partial charge is 0.302 e. The van der Waals surface area contributed by atoms with E-state index in [-0.39, 0.29) is 6.61 Å². The second-order valence-electron chi connectivity index (χ2n) is 1.96. The molecule has 0 rings (SSSR count). The lowest BCUT2D eigenvalue weighted by Gasteiger charge is -2.14. The maximum atomic E-state index is 11.1. The lowest BCUT2D eigenvalue weighted by atomic mass is 10.5. The van der Waals surface area contributed by atoms with Crippen molar-refractivity contribution in [1.29, 1.82) is 0 Å². The van der Waals surface area contributed by atoms with E-state index in [1.165, 1.54) is 0 Å². The van der Waals surface area contributed by atoms with Crippen LogP contribution in [0.1, 0.15) is 13.3 Å². The van der Waals surface area contributed by atoms with Gasteiger partial charge in [0.05, 0.1) is 6.61 Å². The van der Waals surface area contributed by atoms with Gasteiger partial charge in [0.1, 0.15) is 0 Å². The van der Waals surface area contributed by atoms with Crippen molar-refractivity contribution < 1.29 is 32.4 Å². The lowest BCUT2D eigenvalue weighted by Crippen LogP contribution is -2.04. The maximum Gasteiger partial charge on any atom is 0.500 e. The summed E-state index contributed by atoms with van der Waals surface area (Å²) in [6, 6.07) is 0. The average molecular weight is 235 g/mol. The molecule has 0 amide bonds. The third-order valence-corrected chi connectivity index (χ3v) is 3.20. The highest BCUT2D eigenvalue weighted by Crippen LogP contribution is 2.60. The molecule has 1 atom stereocenters. The molecule has 0 radical (unpaired) electrons. The number of phosphoric acid groups is 2. The van der Waals surface area contributed by atoms with Gasteiger partial charge in [0.15, 0.2) is 0 Å². The fourth-order valence-corrected chi connectivity index (χ4v) is 2.26. The number of hydrogen-bond acceptors (Lipinski definition) is 6. The Balaban J connectivity index is 4.29. The average Bonchev–Trinajstić information content (AvgIpc) is 1.98. The molecular weight excluding hydrogens is 224 g/mol.